The van der Waals surface area contributed by atoms with Crippen LogP contribution in [0, 0.1) is 5.92 Å². The lowest BCUT2D eigenvalue weighted by molar-refractivity contribution is 0.185. The van der Waals surface area contributed by atoms with Crippen molar-refractivity contribution in [2.45, 2.75) is 18.9 Å². The molecule has 1 aliphatic rings. The normalized spacial score (nSPS) is 27.9. The first kappa shape index (κ1) is 10.6. The summed E-state index contributed by atoms with van der Waals surface area (Å²) in [4.78, 5) is 6.51. The van der Waals surface area contributed by atoms with Crippen LogP contribution >= 0.6 is 0 Å². The molecule has 15 heavy (non-hydrogen) atoms. The molecule has 1 aromatic heterocycles. The number of nitrogens with two attached hydrogens (primary N) is 1. The Morgan fingerprint density at radius 3 is 3.20 bits per heavy atom. The summed E-state index contributed by atoms with van der Waals surface area (Å²) in [6.45, 7) is 2.24. The number of pyridine rings is 1. The van der Waals surface area contributed by atoms with Gasteiger partial charge in [-0.15, -0.1) is 0 Å². The zero-order valence-corrected chi connectivity index (χ0v) is 9.26. The Bertz CT molecular complexity index is 299. The van der Waals surface area contributed by atoms with Gasteiger partial charge < -0.3 is 10.6 Å². The fourth-order valence-corrected chi connectivity index (χ4v) is 2.27. The first-order valence-corrected chi connectivity index (χ1v) is 5.59. The molecule has 2 atom stereocenters. The van der Waals surface area contributed by atoms with Crippen LogP contribution in [0.4, 0.5) is 0 Å². The van der Waals surface area contributed by atoms with E-state index in [1.165, 1.54) is 5.56 Å². The van der Waals surface area contributed by atoms with Crippen molar-refractivity contribution in [3.05, 3.63) is 30.1 Å². The van der Waals surface area contributed by atoms with Crippen LogP contribution in [-0.4, -0.2) is 36.1 Å². The minimum absolute atomic E-state index is 0.349. The quantitative estimate of drug-likeness (QED) is 0.780. The largest absolute Gasteiger partial charge is 0.327 e. The lowest BCUT2D eigenvalue weighted by atomic mass is 9.88. The van der Waals surface area contributed by atoms with Gasteiger partial charge in [0.15, 0.2) is 0 Å². The predicted octanol–water partition coefficient (Wildman–Crippen LogP) is 0.903. The van der Waals surface area contributed by atoms with Crippen molar-refractivity contribution in [3.8, 4) is 0 Å². The molecular formula is C12H19N3. The van der Waals surface area contributed by atoms with Crippen molar-refractivity contribution in [1.82, 2.24) is 9.88 Å². The maximum absolute atomic E-state index is 6.14. The fourth-order valence-electron chi connectivity index (χ4n) is 2.27. The maximum Gasteiger partial charge on any atom is 0.0299 e. The number of hydrogen-bond donors (Lipinski definition) is 1. The summed E-state index contributed by atoms with van der Waals surface area (Å²) < 4.78 is 0. The molecule has 0 aromatic carbocycles. The Balaban J connectivity index is 1.98. The summed E-state index contributed by atoms with van der Waals surface area (Å²) in [5.74, 6) is 0.577. The highest BCUT2D eigenvalue weighted by atomic mass is 15.1. The van der Waals surface area contributed by atoms with E-state index in [9.17, 15) is 0 Å². The molecule has 2 rings (SSSR count). The Morgan fingerprint density at radius 2 is 2.47 bits per heavy atom. The van der Waals surface area contributed by atoms with Crippen LogP contribution < -0.4 is 5.73 Å². The summed E-state index contributed by atoms with van der Waals surface area (Å²) in [5, 5.41) is 0. The van der Waals surface area contributed by atoms with Crippen molar-refractivity contribution in [1.29, 1.82) is 0 Å². The van der Waals surface area contributed by atoms with E-state index in [1.807, 2.05) is 18.5 Å². The molecule has 1 fully saturated rings. The Morgan fingerprint density at radius 1 is 1.60 bits per heavy atom. The van der Waals surface area contributed by atoms with E-state index in [2.05, 4.69) is 23.0 Å². The number of nitrogens with zero attached hydrogens (tertiary/aromatic N) is 2. The second-order valence-electron chi connectivity index (χ2n) is 4.54. The zero-order chi connectivity index (χ0) is 10.7. The molecule has 0 bridgehead atoms. The summed E-state index contributed by atoms with van der Waals surface area (Å²) >= 11 is 0. The van der Waals surface area contributed by atoms with Crippen molar-refractivity contribution in [3.63, 3.8) is 0 Å². The Kier molecular flexibility index (Phi) is 3.34. The second-order valence-corrected chi connectivity index (χ2v) is 4.54. The van der Waals surface area contributed by atoms with E-state index in [4.69, 9.17) is 5.73 Å². The average Bonchev–Trinajstić information content (AvgIpc) is 2.25. The summed E-state index contributed by atoms with van der Waals surface area (Å²) in [7, 11) is 2.17. The first-order chi connectivity index (χ1) is 7.25. The average molecular weight is 205 g/mol. The van der Waals surface area contributed by atoms with Gasteiger partial charge in [-0.1, -0.05) is 6.07 Å². The molecule has 2 heterocycles. The second kappa shape index (κ2) is 4.73. The molecule has 0 aliphatic carbocycles. The van der Waals surface area contributed by atoms with E-state index in [1.54, 1.807) is 0 Å². The molecule has 3 nitrogen and oxygen atoms in total. The van der Waals surface area contributed by atoms with E-state index < -0.39 is 0 Å². The zero-order valence-electron chi connectivity index (χ0n) is 9.26. The summed E-state index contributed by atoms with van der Waals surface area (Å²) in [6.07, 6.45) is 5.93. The van der Waals surface area contributed by atoms with E-state index in [-0.39, 0.29) is 0 Å². The highest BCUT2D eigenvalue weighted by Crippen LogP contribution is 2.18. The van der Waals surface area contributed by atoms with Crippen LogP contribution in [0.5, 0.6) is 0 Å². The van der Waals surface area contributed by atoms with Crippen LogP contribution in [0.3, 0.4) is 0 Å². The fraction of sp³-hybridized carbons (Fsp3) is 0.583. The van der Waals surface area contributed by atoms with Gasteiger partial charge >= 0.3 is 0 Å². The minimum atomic E-state index is 0.349. The van der Waals surface area contributed by atoms with Crippen LogP contribution in [0.25, 0.3) is 0 Å². The van der Waals surface area contributed by atoms with Gasteiger partial charge in [-0.25, -0.2) is 0 Å². The highest BCUT2D eigenvalue weighted by Gasteiger charge is 2.24. The maximum atomic E-state index is 6.14. The molecule has 0 spiro atoms. The number of hydrogen-bond acceptors (Lipinski definition) is 3. The third-order valence-electron chi connectivity index (χ3n) is 3.22. The number of aromatic nitrogens is 1. The molecule has 1 saturated heterocycles. The van der Waals surface area contributed by atoms with E-state index in [0.717, 1.165) is 25.9 Å². The van der Waals surface area contributed by atoms with E-state index in [0.29, 0.717) is 12.0 Å². The lowest BCUT2D eigenvalue weighted by Gasteiger charge is -2.34. The third-order valence-corrected chi connectivity index (χ3v) is 3.22. The van der Waals surface area contributed by atoms with Gasteiger partial charge in [-0.3, -0.25) is 4.98 Å². The summed E-state index contributed by atoms with van der Waals surface area (Å²) in [5.41, 5.74) is 7.44. The van der Waals surface area contributed by atoms with Crippen LogP contribution in [0.2, 0.25) is 0 Å². The lowest BCUT2D eigenvalue weighted by Crippen LogP contribution is -2.46. The van der Waals surface area contributed by atoms with E-state index >= 15 is 0 Å². The molecule has 0 saturated carbocycles. The van der Waals surface area contributed by atoms with Gasteiger partial charge in [0, 0.05) is 25.0 Å². The van der Waals surface area contributed by atoms with Crippen LogP contribution in [0.1, 0.15) is 12.0 Å². The van der Waals surface area contributed by atoms with Gasteiger partial charge in [-0.2, -0.15) is 0 Å². The molecule has 0 amide bonds. The van der Waals surface area contributed by atoms with Crippen molar-refractivity contribution < 1.29 is 0 Å². The summed E-state index contributed by atoms with van der Waals surface area (Å²) in [6, 6.07) is 4.48. The number of rotatable bonds is 2. The molecule has 82 valence electrons. The minimum Gasteiger partial charge on any atom is -0.327 e. The monoisotopic (exact) mass is 205 g/mol. The molecule has 1 aromatic rings. The number of likely N-dealkylation sites (tertiary alicyclic amines) is 1. The number of piperidine rings is 1. The van der Waals surface area contributed by atoms with Gasteiger partial charge in [0.05, 0.1) is 0 Å². The molecule has 2 N–H and O–H groups in total. The standard InChI is InChI=1S/C12H19N3/c1-15-6-4-12(13)11(9-15)7-10-3-2-5-14-8-10/h2-3,5,8,11-12H,4,6-7,9,13H2,1H3/t11-,12+/m1/s1. The highest BCUT2D eigenvalue weighted by molar-refractivity contribution is 5.10. The van der Waals surface area contributed by atoms with Gasteiger partial charge in [0.25, 0.3) is 0 Å². The smallest absolute Gasteiger partial charge is 0.0299 e. The van der Waals surface area contributed by atoms with Gasteiger partial charge in [0.2, 0.25) is 0 Å². The van der Waals surface area contributed by atoms with Gasteiger partial charge in [-0.05, 0) is 44.0 Å². The van der Waals surface area contributed by atoms with Crippen LogP contribution in [0.15, 0.2) is 24.5 Å². The van der Waals surface area contributed by atoms with Crippen molar-refractivity contribution >= 4 is 0 Å². The topological polar surface area (TPSA) is 42.1 Å². The van der Waals surface area contributed by atoms with Gasteiger partial charge in [0.1, 0.15) is 0 Å². The molecule has 1 aliphatic heterocycles. The first-order valence-electron chi connectivity index (χ1n) is 5.59. The third kappa shape index (κ3) is 2.76. The SMILES string of the molecule is CN1CC[C@H](N)[C@H](Cc2cccnc2)C1. The predicted molar refractivity (Wildman–Crippen MR) is 61.5 cm³/mol. The molecule has 3 heteroatoms. The Hall–Kier alpha value is -0.930. The van der Waals surface area contributed by atoms with Crippen molar-refractivity contribution in [2.24, 2.45) is 11.7 Å². The molecular weight excluding hydrogens is 186 g/mol. The van der Waals surface area contributed by atoms with Crippen LogP contribution in [-0.2, 0) is 6.42 Å². The van der Waals surface area contributed by atoms with Crippen molar-refractivity contribution in [2.75, 3.05) is 20.1 Å². The molecule has 0 unspecified atom stereocenters. The Labute approximate surface area is 91.3 Å². The molecule has 0 radical (unpaired) electrons.